The first-order valence-electron chi connectivity index (χ1n) is 6.43. The van der Waals surface area contributed by atoms with Crippen molar-refractivity contribution in [1.29, 1.82) is 0 Å². The number of rotatable bonds is 4. The molecule has 0 unspecified atom stereocenters. The standard InChI is InChI=1S/C12H17N3O2S/c1-7-14-15-12(17-7)18-6-11(16)13-10-5-8-2-3-9(10)4-8/h8-10H,2-6H2,1H3,(H,13,16)/t8-,9-,10+/m1/s1. The fraction of sp³-hybridized carbons (Fsp3) is 0.750. The summed E-state index contributed by atoms with van der Waals surface area (Å²) < 4.78 is 5.21. The number of aryl methyl sites for hydroxylation is 1. The number of thioether (sulfide) groups is 1. The monoisotopic (exact) mass is 267 g/mol. The number of carbonyl (C=O) groups is 1. The second-order valence-corrected chi connectivity index (χ2v) is 6.15. The number of nitrogens with zero attached hydrogens (tertiary/aromatic N) is 2. The maximum atomic E-state index is 11.8. The van der Waals surface area contributed by atoms with Crippen molar-refractivity contribution in [2.24, 2.45) is 11.8 Å². The Morgan fingerprint density at radius 1 is 1.44 bits per heavy atom. The van der Waals surface area contributed by atoms with E-state index in [0.29, 0.717) is 22.9 Å². The SMILES string of the molecule is Cc1nnc(SCC(=O)N[C@H]2C[C@@H]3CC[C@@H]2C3)o1. The highest BCUT2D eigenvalue weighted by Gasteiger charge is 2.39. The van der Waals surface area contributed by atoms with Gasteiger partial charge in [0.2, 0.25) is 11.8 Å². The number of amides is 1. The summed E-state index contributed by atoms with van der Waals surface area (Å²) in [5, 5.41) is 11.2. The molecule has 2 aliphatic rings. The third-order valence-corrected chi connectivity index (χ3v) is 4.74. The van der Waals surface area contributed by atoms with E-state index in [4.69, 9.17) is 4.42 Å². The normalized spacial score (nSPS) is 29.7. The molecule has 98 valence electrons. The molecule has 1 amide bonds. The van der Waals surface area contributed by atoms with Gasteiger partial charge in [-0.2, -0.15) is 0 Å². The first-order chi connectivity index (χ1) is 8.70. The summed E-state index contributed by atoms with van der Waals surface area (Å²) in [5.74, 6) is 2.54. The van der Waals surface area contributed by atoms with Crippen LogP contribution in [-0.4, -0.2) is 27.9 Å². The highest BCUT2D eigenvalue weighted by molar-refractivity contribution is 7.99. The molecule has 0 saturated heterocycles. The number of nitrogens with one attached hydrogen (secondary N) is 1. The Balaban J connectivity index is 1.45. The number of carbonyl (C=O) groups excluding carboxylic acids is 1. The van der Waals surface area contributed by atoms with Crippen LogP contribution in [0.25, 0.3) is 0 Å². The zero-order chi connectivity index (χ0) is 12.5. The Morgan fingerprint density at radius 2 is 2.33 bits per heavy atom. The van der Waals surface area contributed by atoms with Crippen LogP contribution in [0.5, 0.6) is 0 Å². The lowest BCUT2D eigenvalue weighted by Gasteiger charge is -2.22. The molecule has 2 aliphatic carbocycles. The molecule has 1 aromatic heterocycles. The van der Waals surface area contributed by atoms with E-state index in [-0.39, 0.29) is 5.91 Å². The molecule has 6 heteroatoms. The van der Waals surface area contributed by atoms with Crippen molar-refractivity contribution in [2.75, 3.05) is 5.75 Å². The van der Waals surface area contributed by atoms with Crippen molar-refractivity contribution in [3.8, 4) is 0 Å². The smallest absolute Gasteiger partial charge is 0.277 e. The van der Waals surface area contributed by atoms with Gasteiger partial charge in [0.1, 0.15) is 0 Å². The first-order valence-corrected chi connectivity index (χ1v) is 7.41. The molecular formula is C12H17N3O2S. The summed E-state index contributed by atoms with van der Waals surface area (Å²) >= 11 is 1.30. The average Bonchev–Trinajstić information content (AvgIpc) is 3.03. The van der Waals surface area contributed by atoms with Gasteiger partial charge in [-0.3, -0.25) is 4.79 Å². The summed E-state index contributed by atoms with van der Waals surface area (Å²) in [4.78, 5) is 11.8. The van der Waals surface area contributed by atoms with Crippen molar-refractivity contribution in [3.63, 3.8) is 0 Å². The van der Waals surface area contributed by atoms with E-state index in [9.17, 15) is 4.79 Å². The van der Waals surface area contributed by atoms with Gasteiger partial charge in [0.15, 0.2) is 0 Å². The molecule has 18 heavy (non-hydrogen) atoms. The van der Waals surface area contributed by atoms with Crippen LogP contribution >= 0.6 is 11.8 Å². The Morgan fingerprint density at radius 3 is 2.94 bits per heavy atom. The van der Waals surface area contributed by atoms with Gasteiger partial charge in [-0.15, -0.1) is 10.2 Å². The third kappa shape index (κ3) is 2.53. The molecule has 0 aromatic carbocycles. The molecule has 5 nitrogen and oxygen atoms in total. The van der Waals surface area contributed by atoms with Gasteiger partial charge in [0, 0.05) is 13.0 Å². The van der Waals surface area contributed by atoms with Crippen LogP contribution in [0.2, 0.25) is 0 Å². The lowest BCUT2D eigenvalue weighted by molar-refractivity contribution is -0.119. The zero-order valence-corrected chi connectivity index (χ0v) is 11.2. The minimum Gasteiger partial charge on any atom is -0.416 e. The summed E-state index contributed by atoms with van der Waals surface area (Å²) in [5.41, 5.74) is 0. The van der Waals surface area contributed by atoms with Crippen LogP contribution in [0.1, 0.15) is 31.6 Å². The summed E-state index contributed by atoms with van der Waals surface area (Å²) in [7, 11) is 0. The molecule has 3 atom stereocenters. The molecular weight excluding hydrogens is 250 g/mol. The third-order valence-electron chi connectivity index (χ3n) is 3.92. The Bertz CT molecular complexity index is 448. The van der Waals surface area contributed by atoms with Crippen LogP contribution in [0, 0.1) is 18.8 Å². The average molecular weight is 267 g/mol. The highest BCUT2D eigenvalue weighted by Crippen LogP contribution is 2.44. The topological polar surface area (TPSA) is 68.0 Å². The quantitative estimate of drug-likeness (QED) is 0.842. The van der Waals surface area contributed by atoms with Crippen LogP contribution in [0.4, 0.5) is 0 Å². The van der Waals surface area contributed by atoms with Gasteiger partial charge in [-0.25, -0.2) is 0 Å². The summed E-state index contributed by atoms with van der Waals surface area (Å²) in [6.45, 7) is 1.74. The minimum absolute atomic E-state index is 0.0772. The molecule has 1 N–H and O–H groups in total. The van der Waals surface area contributed by atoms with E-state index in [1.807, 2.05) is 0 Å². The molecule has 0 spiro atoms. The van der Waals surface area contributed by atoms with Crippen molar-refractivity contribution < 1.29 is 9.21 Å². The Kier molecular flexibility index (Phi) is 3.28. The second kappa shape index (κ2) is 4.91. The Labute approximate surface area is 110 Å². The van der Waals surface area contributed by atoms with Crippen LogP contribution in [-0.2, 0) is 4.79 Å². The lowest BCUT2D eigenvalue weighted by Crippen LogP contribution is -2.39. The largest absolute Gasteiger partial charge is 0.416 e. The predicted molar refractivity (Wildman–Crippen MR) is 67.1 cm³/mol. The number of hydrogen-bond acceptors (Lipinski definition) is 5. The minimum atomic E-state index is 0.0772. The van der Waals surface area contributed by atoms with E-state index in [2.05, 4.69) is 15.5 Å². The van der Waals surface area contributed by atoms with Gasteiger partial charge in [-0.1, -0.05) is 18.2 Å². The number of hydrogen-bond donors (Lipinski definition) is 1. The van der Waals surface area contributed by atoms with Crippen molar-refractivity contribution in [2.45, 2.75) is 43.9 Å². The maximum absolute atomic E-state index is 11.8. The van der Waals surface area contributed by atoms with E-state index in [1.54, 1.807) is 6.92 Å². The molecule has 2 bridgehead atoms. The molecule has 0 aliphatic heterocycles. The van der Waals surface area contributed by atoms with Crippen molar-refractivity contribution in [3.05, 3.63) is 5.89 Å². The maximum Gasteiger partial charge on any atom is 0.277 e. The van der Waals surface area contributed by atoms with Crippen molar-refractivity contribution >= 4 is 17.7 Å². The van der Waals surface area contributed by atoms with Gasteiger partial charge in [0.25, 0.3) is 5.22 Å². The first kappa shape index (κ1) is 12.0. The molecule has 2 saturated carbocycles. The van der Waals surface area contributed by atoms with Gasteiger partial charge < -0.3 is 9.73 Å². The molecule has 0 radical (unpaired) electrons. The van der Waals surface area contributed by atoms with Crippen LogP contribution in [0.3, 0.4) is 0 Å². The van der Waals surface area contributed by atoms with Gasteiger partial charge in [0.05, 0.1) is 5.75 Å². The molecule has 1 aromatic rings. The van der Waals surface area contributed by atoms with E-state index >= 15 is 0 Å². The zero-order valence-electron chi connectivity index (χ0n) is 10.4. The summed E-state index contributed by atoms with van der Waals surface area (Å²) in [6, 6.07) is 0.404. The number of fused-ring (bicyclic) bond motifs is 2. The molecule has 1 heterocycles. The van der Waals surface area contributed by atoms with Crippen LogP contribution in [0.15, 0.2) is 9.64 Å². The van der Waals surface area contributed by atoms with Crippen LogP contribution < -0.4 is 5.32 Å². The van der Waals surface area contributed by atoms with Gasteiger partial charge >= 0.3 is 0 Å². The summed E-state index contributed by atoms with van der Waals surface area (Å²) in [6.07, 6.45) is 5.11. The van der Waals surface area contributed by atoms with E-state index in [1.165, 1.54) is 37.4 Å². The molecule has 3 rings (SSSR count). The van der Waals surface area contributed by atoms with Crippen molar-refractivity contribution in [1.82, 2.24) is 15.5 Å². The predicted octanol–water partition coefficient (Wildman–Crippen LogP) is 1.77. The highest BCUT2D eigenvalue weighted by atomic mass is 32.2. The van der Waals surface area contributed by atoms with E-state index < -0.39 is 0 Å². The van der Waals surface area contributed by atoms with E-state index in [0.717, 1.165) is 11.8 Å². The number of aromatic nitrogens is 2. The molecule has 2 fully saturated rings. The Hall–Kier alpha value is -1.04. The lowest BCUT2D eigenvalue weighted by atomic mass is 9.95. The fourth-order valence-corrected chi connectivity index (χ4v) is 3.75. The second-order valence-electron chi connectivity index (χ2n) is 5.22. The van der Waals surface area contributed by atoms with Gasteiger partial charge in [-0.05, 0) is 31.1 Å². The fourth-order valence-electron chi connectivity index (χ4n) is 3.13.